The van der Waals surface area contributed by atoms with Gasteiger partial charge in [-0.15, -0.1) is 0 Å². The second-order valence-electron chi connectivity index (χ2n) is 21.9. The number of aryl methyl sites for hydroxylation is 1. The number of aromatic nitrogens is 2. The van der Waals surface area contributed by atoms with Crippen molar-refractivity contribution in [1.82, 2.24) is 22.7 Å². The minimum atomic E-state index is -4.26. The fraction of sp³-hybridized carbons (Fsp3) is 0.930. The number of alkyl halides is 2. The van der Waals surface area contributed by atoms with E-state index in [4.69, 9.17) is 0 Å². The van der Waals surface area contributed by atoms with Crippen molar-refractivity contribution in [3.8, 4) is 0 Å². The van der Waals surface area contributed by atoms with Gasteiger partial charge in [-0.25, -0.2) is 29.9 Å². The lowest BCUT2D eigenvalue weighted by molar-refractivity contribution is -0.194. The van der Waals surface area contributed by atoms with Crippen LogP contribution in [0.3, 0.4) is 0 Å². The lowest BCUT2D eigenvalue weighted by Crippen LogP contribution is -2.64. The molecule has 3 N–H and O–H groups in total. The molecule has 20 heteroatoms. The Labute approximate surface area is 373 Å². The second-order valence-corrected chi connectivity index (χ2v) is 27.6. The Morgan fingerprint density at radius 3 is 1.78 bits per heavy atom. The molecule has 0 amide bonds. The summed E-state index contributed by atoms with van der Waals surface area (Å²) in [5.41, 5.74) is -1.20. The first-order chi connectivity index (χ1) is 29.4. The van der Waals surface area contributed by atoms with E-state index in [9.17, 15) is 49.4 Å². The van der Waals surface area contributed by atoms with Crippen LogP contribution in [0.5, 0.6) is 0 Å². The van der Waals surface area contributed by atoms with Crippen LogP contribution in [0.25, 0.3) is 0 Å². The lowest BCUT2D eigenvalue weighted by Gasteiger charge is -2.63. The number of aliphatic hydroxyl groups excluding tert-OH is 3. The first-order valence-corrected chi connectivity index (χ1v) is 27.7. The van der Waals surface area contributed by atoms with Crippen molar-refractivity contribution in [3.63, 3.8) is 0 Å². The van der Waals surface area contributed by atoms with Crippen LogP contribution in [0.1, 0.15) is 112 Å². The van der Waals surface area contributed by atoms with Gasteiger partial charge in [0, 0.05) is 52.0 Å². The monoisotopic (exact) mass is 951 g/mol. The smallest absolute Gasteiger partial charge is 0.338 e. The predicted octanol–water partition coefficient (Wildman–Crippen LogP) is 4.30. The topological polar surface area (TPSA) is 200 Å². The standard InChI is InChI=1S/C43H71F2N5O10S3/c1-28(2)32-24-41(37(32)51)8-16-48(17-9-41)61(54,55)31-22-30(23-31)40(4,5)34-26-43(39(34)53)10-18-49(19-11-43)62(56,57)36-7-15-47(46-36)14-6-29(3)33-25-42(38(33)52)12-20-50(21-13-42)63(58,59)60-27-35(44)45/h7,15,28-35,37-39,51-53H,6,8-14,16-27H2,1-5H3. The first kappa shape index (κ1) is 48.1. The predicted molar refractivity (Wildman–Crippen MR) is 230 cm³/mol. The molecule has 1 aromatic heterocycles. The van der Waals surface area contributed by atoms with Gasteiger partial charge < -0.3 is 15.3 Å². The number of rotatable bonds is 15. The van der Waals surface area contributed by atoms with Crippen molar-refractivity contribution >= 4 is 30.4 Å². The second kappa shape index (κ2) is 17.0. The van der Waals surface area contributed by atoms with Gasteiger partial charge in [0.2, 0.25) is 10.0 Å². The van der Waals surface area contributed by atoms with E-state index in [1.807, 2.05) is 6.92 Å². The van der Waals surface area contributed by atoms with E-state index in [0.717, 1.165) is 17.1 Å². The van der Waals surface area contributed by atoms with Gasteiger partial charge in [0.1, 0.15) is 6.61 Å². The van der Waals surface area contributed by atoms with E-state index in [1.54, 1.807) is 15.2 Å². The third-order valence-electron chi connectivity index (χ3n) is 18.3. The van der Waals surface area contributed by atoms with Crippen LogP contribution in [-0.2, 0) is 41.1 Å². The van der Waals surface area contributed by atoms with Gasteiger partial charge in [-0.2, -0.15) is 22.1 Å². The highest BCUT2D eigenvalue weighted by molar-refractivity contribution is 7.89. The van der Waals surface area contributed by atoms with Gasteiger partial charge in [0.25, 0.3) is 16.4 Å². The number of hydrogen-bond acceptors (Lipinski definition) is 11. The molecule has 7 unspecified atom stereocenters. The van der Waals surface area contributed by atoms with E-state index in [1.165, 1.54) is 10.4 Å². The molecule has 3 aliphatic heterocycles. The average molecular weight is 952 g/mol. The molecule has 360 valence electrons. The van der Waals surface area contributed by atoms with Crippen LogP contribution in [0.2, 0.25) is 0 Å². The molecule has 4 saturated carbocycles. The minimum Gasteiger partial charge on any atom is -0.392 e. The van der Waals surface area contributed by atoms with Gasteiger partial charge in [0.05, 0.1) is 23.6 Å². The highest BCUT2D eigenvalue weighted by atomic mass is 32.2. The molecule has 0 bridgehead atoms. The van der Waals surface area contributed by atoms with Crippen molar-refractivity contribution in [2.24, 2.45) is 57.2 Å². The van der Waals surface area contributed by atoms with Gasteiger partial charge in [-0.05, 0) is 140 Å². The fourth-order valence-corrected chi connectivity index (χ4v) is 17.6. The highest BCUT2D eigenvalue weighted by Crippen LogP contribution is 2.63. The summed E-state index contributed by atoms with van der Waals surface area (Å²) < 4.78 is 115. The van der Waals surface area contributed by atoms with Gasteiger partial charge in [-0.3, -0.25) is 8.86 Å². The normalized spacial score (nSPS) is 34.5. The zero-order valence-corrected chi connectivity index (χ0v) is 40.0. The van der Waals surface area contributed by atoms with Crippen LogP contribution in [-0.4, -0.2) is 139 Å². The molecule has 4 aliphatic carbocycles. The molecule has 7 atom stereocenters. The van der Waals surface area contributed by atoms with Crippen LogP contribution >= 0.6 is 0 Å². The summed E-state index contributed by atoms with van der Waals surface area (Å²) in [6.45, 7) is 11.6. The molecule has 0 aromatic carbocycles. The van der Waals surface area contributed by atoms with Crippen molar-refractivity contribution in [3.05, 3.63) is 12.3 Å². The molecule has 63 heavy (non-hydrogen) atoms. The Hall–Kier alpha value is -1.36. The van der Waals surface area contributed by atoms with E-state index < -0.39 is 66.3 Å². The van der Waals surface area contributed by atoms with Crippen LogP contribution in [0, 0.1) is 57.2 Å². The third kappa shape index (κ3) is 8.39. The number of piperidine rings is 3. The maximum Gasteiger partial charge on any atom is 0.338 e. The number of nitrogens with zero attached hydrogens (tertiary/aromatic N) is 5. The van der Waals surface area contributed by atoms with Crippen LogP contribution < -0.4 is 0 Å². The quantitative estimate of drug-likeness (QED) is 0.227. The van der Waals surface area contributed by atoms with Crippen molar-refractivity contribution in [2.45, 2.75) is 153 Å². The first-order valence-electron chi connectivity index (χ1n) is 23.4. The maximum atomic E-state index is 13.8. The highest BCUT2D eigenvalue weighted by Gasteiger charge is 2.63. The van der Waals surface area contributed by atoms with Crippen molar-refractivity contribution in [2.75, 3.05) is 45.9 Å². The van der Waals surface area contributed by atoms with Crippen LogP contribution in [0.4, 0.5) is 8.78 Å². The van der Waals surface area contributed by atoms with Crippen molar-refractivity contribution in [1.29, 1.82) is 0 Å². The van der Waals surface area contributed by atoms with E-state index >= 15 is 0 Å². The third-order valence-corrected chi connectivity index (χ3v) is 23.8. The average Bonchev–Trinajstić information content (AvgIpc) is 3.71. The Bertz CT molecular complexity index is 2140. The number of sulfonamides is 2. The van der Waals surface area contributed by atoms with E-state index in [-0.39, 0.29) is 77.2 Å². The van der Waals surface area contributed by atoms with Gasteiger partial charge in [0.15, 0.2) is 5.03 Å². The summed E-state index contributed by atoms with van der Waals surface area (Å²) in [6, 6.07) is 1.51. The summed E-state index contributed by atoms with van der Waals surface area (Å²) in [7, 11) is -11.6. The number of hydrogen-bond donors (Lipinski definition) is 3. The zero-order chi connectivity index (χ0) is 45.7. The molecule has 8 rings (SSSR count). The molecule has 3 spiro atoms. The fourth-order valence-electron chi connectivity index (χ4n) is 13.2. The van der Waals surface area contributed by atoms with Crippen molar-refractivity contribution < 1.29 is 53.5 Å². The molecule has 15 nitrogen and oxygen atoms in total. The molecular weight excluding hydrogens is 881 g/mol. The Kier molecular flexibility index (Phi) is 13.0. The van der Waals surface area contributed by atoms with E-state index in [0.29, 0.717) is 95.7 Å². The zero-order valence-electron chi connectivity index (χ0n) is 37.6. The van der Waals surface area contributed by atoms with Gasteiger partial charge in [-0.1, -0.05) is 34.6 Å². The summed E-state index contributed by atoms with van der Waals surface area (Å²) >= 11 is 0. The molecule has 3 saturated heterocycles. The molecule has 7 aliphatic rings. The van der Waals surface area contributed by atoms with E-state index in [2.05, 4.69) is 37.0 Å². The summed E-state index contributed by atoms with van der Waals surface area (Å²) in [5.74, 6) is 0.954. The number of halogens is 2. The summed E-state index contributed by atoms with van der Waals surface area (Å²) in [4.78, 5) is 0. The Morgan fingerprint density at radius 2 is 1.27 bits per heavy atom. The Morgan fingerprint density at radius 1 is 0.762 bits per heavy atom. The molecule has 1 aromatic rings. The molecular formula is C43H71F2N5O10S3. The SMILES string of the molecule is CC(C)C1CC2(CCN(S(=O)(=O)C3CC(C(C)(C)C4CC5(CCN(S(=O)(=O)c6ccn(CCC(C)C7CC8(CCN(S(=O)(=O)OCC(F)F)CC8)C7O)n6)CC5)C4O)C3)CC2)C1O. The van der Waals surface area contributed by atoms with Gasteiger partial charge >= 0.3 is 10.3 Å². The van der Waals surface area contributed by atoms with Crippen LogP contribution in [0.15, 0.2) is 17.3 Å². The summed E-state index contributed by atoms with van der Waals surface area (Å²) in [6.07, 6.45) is 4.75. The Balaban J connectivity index is 0.764. The summed E-state index contributed by atoms with van der Waals surface area (Å²) in [5, 5.41) is 37.8. The molecule has 7 fully saturated rings. The lowest BCUT2D eigenvalue weighted by atomic mass is 9.45. The molecule has 4 heterocycles. The largest absolute Gasteiger partial charge is 0.392 e. The minimum absolute atomic E-state index is 0.00157. The maximum absolute atomic E-state index is 13.8. The molecule has 0 radical (unpaired) electrons. The number of aliphatic hydroxyl groups is 3.